The molecule has 0 amide bonds. The van der Waals surface area contributed by atoms with Gasteiger partial charge in [0.15, 0.2) is 0 Å². The lowest BCUT2D eigenvalue weighted by Crippen LogP contribution is -2.45. The number of nitrogens with two attached hydrogens (primary N) is 1. The molecule has 2 heterocycles. The van der Waals surface area contributed by atoms with Crippen molar-refractivity contribution in [2.75, 3.05) is 13.1 Å². The lowest BCUT2D eigenvalue weighted by atomic mass is 9.96. The highest BCUT2D eigenvalue weighted by Gasteiger charge is 2.22. The Morgan fingerprint density at radius 2 is 2.10 bits per heavy atom. The topological polar surface area (TPSA) is 42.1 Å². The number of likely N-dealkylation sites (tertiary alicyclic amines) is 1. The van der Waals surface area contributed by atoms with Gasteiger partial charge in [-0.3, -0.25) is 9.88 Å². The number of piperidine rings is 1. The van der Waals surface area contributed by atoms with Crippen molar-refractivity contribution in [2.45, 2.75) is 32.9 Å². The molecular weight excluding hydrogens is 246 g/mol. The molecule has 0 spiro atoms. The molecule has 0 radical (unpaired) electrons. The lowest BCUT2D eigenvalue weighted by Gasteiger charge is -2.35. The first-order valence-electron chi connectivity index (χ1n) is 7.45. The molecular formula is C17H23N3. The highest BCUT2D eigenvalue weighted by molar-refractivity contribution is 5.82. The van der Waals surface area contributed by atoms with Crippen LogP contribution in [0.3, 0.4) is 0 Å². The second kappa shape index (κ2) is 5.51. The molecule has 0 bridgehead atoms. The first-order valence-corrected chi connectivity index (χ1v) is 7.45. The lowest BCUT2D eigenvalue weighted by molar-refractivity contribution is 0.159. The van der Waals surface area contributed by atoms with E-state index < -0.39 is 0 Å². The van der Waals surface area contributed by atoms with Crippen molar-refractivity contribution in [1.29, 1.82) is 0 Å². The van der Waals surface area contributed by atoms with Gasteiger partial charge in [-0.25, -0.2) is 0 Å². The second-order valence-electron chi connectivity index (χ2n) is 6.23. The maximum atomic E-state index is 6.16. The summed E-state index contributed by atoms with van der Waals surface area (Å²) in [6.07, 6.45) is 1.15. The average molecular weight is 269 g/mol. The number of benzene rings is 1. The van der Waals surface area contributed by atoms with Gasteiger partial charge in [0.2, 0.25) is 0 Å². The Labute approximate surface area is 120 Å². The van der Waals surface area contributed by atoms with Crippen LogP contribution >= 0.6 is 0 Å². The summed E-state index contributed by atoms with van der Waals surface area (Å²) in [6, 6.07) is 10.9. The van der Waals surface area contributed by atoms with Crippen molar-refractivity contribution in [3.8, 4) is 0 Å². The first-order chi connectivity index (χ1) is 9.61. The molecule has 1 aliphatic rings. The van der Waals surface area contributed by atoms with Crippen LogP contribution in [0.2, 0.25) is 0 Å². The Balaban J connectivity index is 1.90. The molecule has 106 valence electrons. The van der Waals surface area contributed by atoms with Crippen molar-refractivity contribution >= 4 is 10.9 Å². The molecule has 1 saturated heterocycles. The van der Waals surface area contributed by atoms with Crippen LogP contribution in [0, 0.1) is 12.8 Å². The molecule has 20 heavy (non-hydrogen) atoms. The van der Waals surface area contributed by atoms with Gasteiger partial charge in [-0.05, 0) is 37.0 Å². The maximum absolute atomic E-state index is 6.16. The van der Waals surface area contributed by atoms with Gasteiger partial charge in [0.05, 0.1) is 5.52 Å². The van der Waals surface area contributed by atoms with E-state index in [-0.39, 0.29) is 0 Å². The third-order valence-electron chi connectivity index (χ3n) is 4.09. The van der Waals surface area contributed by atoms with Crippen molar-refractivity contribution < 1.29 is 0 Å². The summed E-state index contributed by atoms with van der Waals surface area (Å²) in [6.45, 7) is 7.48. The molecule has 3 rings (SSSR count). The SMILES string of the molecule is Cc1cc(CN2CC(C)CC(N)C2)c2ccccc2n1. The number of aryl methyl sites for hydroxylation is 1. The monoisotopic (exact) mass is 269 g/mol. The number of nitrogens with zero attached hydrogens (tertiary/aromatic N) is 2. The van der Waals surface area contributed by atoms with Crippen molar-refractivity contribution in [1.82, 2.24) is 9.88 Å². The van der Waals surface area contributed by atoms with Crippen LogP contribution in [-0.2, 0) is 6.54 Å². The summed E-state index contributed by atoms with van der Waals surface area (Å²) in [5.41, 5.74) is 9.71. The van der Waals surface area contributed by atoms with Crippen LogP contribution in [-0.4, -0.2) is 29.0 Å². The van der Waals surface area contributed by atoms with Gasteiger partial charge >= 0.3 is 0 Å². The fourth-order valence-corrected chi connectivity index (χ4v) is 3.41. The number of aromatic nitrogens is 1. The van der Waals surface area contributed by atoms with Crippen molar-refractivity contribution in [2.24, 2.45) is 11.7 Å². The predicted octanol–water partition coefficient (Wildman–Crippen LogP) is 2.71. The van der Waals surface area contributed by atoms with Gasteiger partial charge in [0, 0.05) is 36.8 Å². The number of pyridine rings is 1. The zero-order valence-electron chi connectivity index (χ0n) is 12.3. The molecule has 3 heteroatoms. The van der Waals surface area contributed by atoms with E-state index in [1.54, 1.807) is 0 Å². The van der Waals surface area contributed by atoms with E-state index in [0.29, 0.717) is 12.0 Å². The zero-order chi connectivity index (χ0) is 14.1. The molecule has 3 nitrogen and oxygen atoms in total. The molecule has 1 aromatic carbocycles. The highest BCUT2D eigenvalue weighted by atomic mass is 15.1. The molecule has 2 aromatic rings. The molecule has 2 unspecified atom stereocenters. The summed E-state index contributed by atoms with van der Waals surface area (Å²) in [4.78, 5) is 7.10. The van der Waals surface area contributed by atoms with Gasteiger partial charge in [0.1, 0.15) is 0 Å². The summed E-state index contributed by atoms with van der Waals surface area (Å²) >= 11 is 0. The zero-order valence-corrected chi connectivity index (χ0v) is 12.3. The molecule has 1 fully saturated rings. The van der Waals surface area contributed by atoms with Gasteiger partial charge < -0.3 is 5.73 Å². The number of para-hydroxylation sites is 1. The third kappa shape index (κ3) is 2.84. The van der Waals surface area contributed by atoms with Crippen LogP contribution in [0.15, 0.2) is 30.3 Å². The number of rotatable bonds is 2. The Morgan fingerprint density at radius 3 is 2.90 bits per heavy atom. The Bertz CT molecular complexity index is 598. The second-order valence-corrected chi connectivity index (χ2v) is 6.23. The predicted molar refractivity (Wildman–Crippen MR) is 83.5 cm³/mol. The van der Waals surface area contributed by atoms with Crippen LogP contribution in [0.1, 0.15) is 24.6 Å². The van der Waals surface area contributed by atoms with E-state index in [2.05, 4.69) is 54.1 Å². The van der Waals surface area contributed by atoms with Gasteiger partial charge in [-0.2, -0.15) is 0 Å². The summed E-state index contributed by atoms with van der Waals surface area (Å²) in [5, 5.41) is 1.27. The van der Waals surface area contributed by atoms with E-state index in [0.717, 1.165) is 37.3 Å². The van der Waals surface area contributed by atoms with Crippen molar-refractivity contribution in [3.05, 3.63) is 41.6 Å². The highest BCUT2D eigenvalue weighted by Crippen LogP contribution is 2.22. The number of hydrogen-bond acceptors (Lipinski definition) is 3. The van der Waals surface area contributed by atoms with E-state index in [1.807, 2.05) is 0 Å². The van der Waals surface area contributed by atoms with Gasteiger partial charge in [0.25, 0.3) is 0 Å². The smallest absolute Gasteiger partial charge is 0.0708 e. The fraction of sp³-hybridized carbons (Fsp3) is 0.471. The Hall–Kier alpha value is -1.45. The van der Waals surface area contributed by atoms with E-state index in [4.69, 9.17) is 5.73 Å². The Morgan fingerprint density at radius 1 is 1.30 bits per heavy atom. The minimum atomic E-state index is 0.313. The molecule has 0 saturated carbocycles. The first kappa shape index (κ1) is 13.5. The van der Waals surface area contributed by atoms with E-state index >= 15 is 0 Å². The van der Waals surface area contributed by atoms with Crippen molar-refractivity contribution in [3.63, 3.8) is 0 Å². The van der Waals surface area contributed by atoms with Gasteiger partial charge in [-0.15, -0.1) is 0 Å². The largest absolute Gasteiger partial charge is 0.327 e. The minimum absolute atomic E-state index is 0.313. The molecule has 1 aromatic heterocycles. The fourth-order valence-electron chi connectivity index (χ4n) is 3.41. The molecule has 2 N–H and O–H groups in total. The molecule has 1 aliphatic heterocycles. The van der Waals surface area contributed by atoms with Crippen LogP contribution in [0.4, 0.5) is 0 Å². The summed E-state index contributed by atoms with van der Waals surface area (Å²) < 4.78 is 0. The average Bonchev–Trinajstić information content (AvgIpc) is 2.37. The molecule has 2 atom stereocenters. The van der Waals surface area contributed by atoms with Gasteiger partial charge in [-0.1, -0.05) is 25.1 Å². The van der Waals surface area contributed by atoms with Crippen LogP contribution < -0.4 is 5.73 Å². The van der Waals surface area contributed by atoms with Crippen LogP contribution in [0.25, 0.3) is 10.9 Å². The molecule has 0 aliphatic carbocycles. The quantitative estimate of drug-likeness (QED) is 0.911. The minimum Gasteiger partial charge on any atom is -0.327 e. The summed E-state index contributed by atoms with van der Waals surface area (Å²) in [7, 11) is 0. The number of hydrogen-bond donors (Lipinski definition) is 1. The Kier molecular flexibility index (Phi) is 3.72. The summed E-state index contributed by atoms with van der Waals surface area (Å²) in [5.74, 6) is 0.688. The van der Waals surface area contributed by atoms with E-state index in [9.17, 15) is 0 Å². The van der Waals surface area contributed by atoms with Crippen LogP contribution in [0.5, 0.6) is 0 Å². The maximum Gasteiger partial charge on any atom is 0.0708 e. The number of fused-ring (bicyclic) bond motifs is 1. The normalized spacial score (nSPS) is 24.1. The third-order valence-corrected chi connectivity index (χ3v) is 4.09. The van der Waals surface area contributed by atoms with E-state index in [1.165, 1.54) is 10.9 Å². The standard InChI is InChI=1S/C17H23N3/c1-12-7-15(18)11-20(9-12)10-14-8-13(2)19-17-6-4-3-5-16(14)17/h3-6,8,12,15H,7,9-11,18H2,1-2H3.